The Bertz CT molecular complexity index is 851. The van der Waals surface area contributed by atoms with Gasteiger partial charge in [-0.3, -0.25) is 4.79 Å². The number of aromatic nitrogens is 2. The Morgan fingerprint density at radius 1 is 1.29 bits per heavy atom. The van der Waals surface area contributed by atoms with Gasteiger partial charge in [-0.15, -0.1) is 0 Å². The molecule has 1 N–H and O–H groups in total. The monoisotopic (exact) mass is 403 g/mol. The van der Waals surface area contributed by atoms with Crippen molar-refractivity contribution in [3.63, 3.8) is 0 Å². The first kappa shape index (κ1) is 20.2. The first-order valence-corrected chi connectivity index (χ1v) is 9.89. The summed E-state index contributed by atoms with van der Waals surface area (Å²) in [5.41, 5.74) is 5.27. The number of rotatable bonds is 6. The van der Waals surface area contributed by atoms with Crippen LogP contribution in [-0.2, 0) is 9.53 Å². The molecule has 0 spiro atoms. The molecule has 0 saturated carbocycles. The smallest absolute Gasteiger partial charge is 0.250 e. The molecule has 1 amide bonds. The highest BCUT2D eigenvalue weighted by Crippen LogP contribution is 2.21. The lowest BCUT2D eigenvalue weighted by Gasteiger charge is -2.29. The maximum Gasteiger partial charge on any atom is 0.250 e. The van der Waals surface area contributed by atoms with E-state index in [2.05, 4.69) is 20.5 Å². The number of nitrogens with zero attached hydrogens (tertiary/aromatic N) is 4. The van der Waals surface area contributed by atoms with Crippen LogP contribution in [0.3, 0.4) is 0 Å². The van der Waals surface area contributed by atoms with Crippen molar-refractivity contribution < 1.29 is 13.9 Å². The van der Waals surface area contributed by atoms with Crippen LogP contribution in [0.1, 0.15) is 17.0 Å². The van der Waals surface area contributed by atoms with Gasteiger partial charge in [-0.2, -0.15) is 5.10 Å². The van der Waals surface area contributed by atoms with Crippen LogP contribution in [0.4, 0.5) is 10.1 Å². The molecule has 3 rings (SSSR count). The van der Waals surface area contributed by atoms with Crippen LogP contribution in [-0.4, -0.2) is 54.1 Å². The van der Waals surface area contributed by atoms with E-state index in [4.69, 9.17) is 4.74 Å². The van der Waals surface area contributed by atoms with E-state index in [9.17, 15) is 9.18 Å². The van der Waals surface area contributed by atoms with E-state index in [0.29, 0.717) is 42.7 Å². The molecular weight excluding hydrogens is 381 g/mol. The highest BCUT2D eigenvalue weighted by atomic mass is 32.2. The van der Waals surface area contributed by atoms with Crippen molar-refractivity contribution in [1.82, 2.24) is 15.4 Å². The summed E-state index contributed by atoms with van der Waals surface area (Å²) in [4.78, 5) is 22.4. The number of anilines is 1. The summed E-state index contributed by atoms with van der Waals surface area (Å²) in [7, 11) is 0. The van der Waals surface area contributed by atoms with E-state index in [-0.39, 0.29) is 17.5 Å². The van der Waals surface area contributed by atoms with E-state index in [1.54, 1.807) is 12.1 Å². The molecule has 1 fully saturated rings. The molecule has 1 aromatic carbocycles. The highest BCUT2D eigenvalue weighted by Gasteiger charge is 2.15. The number of amides is 1. The Balaban J connectivity index is 1.51. The Labute approximate surface area is 167 Å². The van der Waals surface area contributed by atoms with E-state index in [1.807, 2.05) is 24.8 Å². The zero-order valence-corrected chi connectivity index (χ0v) is 16.6. The first-order chi connectivity index (χ1) is 13.5. The zero-order valence-electron chi connectivity index (χ0n) is 15.8. The van der Waals surface area contributed by atoms with Crippen molar-refractivity contribution in [3.05, 3.63) is 47.0 Å². The number of halogens is 1. The maximum atomic E-state index is 14.3. The van der Waals surface area contributed by atoms with Gasteiger partial charge < -0.3 is 9.64 Å². The summed E-state index contributed by atoms with van der Waals surface area (Å²) >= 11 is 1.24. The molecule has 0 bridgehead atoms. The molecular formula is C19H22FN5O2S. The lowest BCUT2D eigenvalue weighted by atomic mass is 10.2. The number of hydrazone groups is 1. The average Bonchev–Trinajstić information content (AvgIpc) is 2.66. The molecule has 0 atom stereocenters. The molecule has 0 aliphatic carbocycles. The zero-order chi connectivity index (χ0) is 19.9. The third-order valence-electron chi connectivity index (χ3n) is 4.02. The number of aryl methyl sites for hydroxylation is 2. The number of benzene rings is 1. The van der Waals surface area contributed by atoms with Crippen LogP contribution in [0.2, 0.25) is 0 Å². The highest BCUT2D eigenvalue weighted by molar-refractivity contribution is 7.99. The van der Waals surface area contributed by atoms with Crippen LogP contribution in [0.25, 0.3) is 0 Å². The van der Waals surface area contributed by atoms with Gasteiger partial charge in [-0.05, 0) is 37.6 Å². The third-order valence-corrected chi connectivity index (χ3v) is 4.87. The molecule has 7 nitrogen and oxygen atoms in total. The summed E-state index contributed by atoms with van der Waals surface area (Å²) in [5.74, 6) is -0.459. The molecule has 2 heterocycles. The van der Waals surface area contributed by atoms with Gasteiger partial charge in [-0.25, -0.2) is 19.8 Å². The van der Waals surface area contributed by atoms with Gasteiger partial charge in [0.25, 0.3) is 5.91 Å². The minimum Gasteiger partial charge on any atom is -0.378 e. The standard InChI is InChI=1S/C19H22FN5O2S/c1-13-9-14(2)23-19(22-13)28-12-18(26)24-21-11-15-3-4-17(16(20)10-15)25-5-7-27-8-6-25/h3-4,9-11H,5-8,12H2,1-2H3,(H,24,26)/b21-11-. The van der Waals surface area contributed by atoms with Gasteiger partial charge in [0.2, 0.25) is 0 Å². The topological polar surface area (TPSA) is 79.7 Å². The van der Waals surface area contributed by atoms with Crippen LogP contribution >= 0.6 is 11.8 Å². The number of hydrogen-bond acceptors (Lipinski definition) is 7. The number of carbonyl (C=O) groups excluding carboxylic acids is 1. The Morgan fingerprint density at radius 3 is 2.68 bits per heavy atom. The second kappa shape index (κ2) is 9.61. The van der Waals surface area contributed by atoms with Gasteiger partial charge in [-0.1, -0.05) is 17.8 Å². The second-order valence-electron chi connectivity index (χ2n) is 6.33. The van der Waals surface area contributed by atoms with Crippen LogP contribution in [0.5, 0.6) is 0 Å². The molecule has 0 radical (unpaired) electrons. The van der Waals surface area contributed by atoms with Crippen molar-refractivity contribution in [2.24, 2.45) is 5.10 Å². The summed E-state index contributed by atoms with van der Waals surface area (Å²) < 4.78 is 19.6. The van der Waals surface area contributed by atoms with Crippen molar-refractivity contribution in [2.45, 2.75) is 19.0 Å². The first-order valence-electron chi connectivity index (χ1n) is 8.90. The SMILES string of the molecule is Cc1cc(C)nc(SCC(=O)N/N=C\c2ccc(N3CCOCC3)c(F)c2)n1. The minimum atomic E-state index is -0.320. The quantitative estimate of drug-likeness (QED) is 0.345. The fraction of sp³-hybridized carbons (Fsp3) is 0.368. The predicted molar refractivity (Wildman–Crippen MR) is 107 cm³/mol. The molecule has 1 aromatic heterocycles. The van der Waals surface area contributed by atoms with E-state index in [0.717, 1.165) is 11.4 Å². The molecule has 148 valence electrons. The molecule has 1 aliphatic heterocycles. The minimum absolute atomic E-state index is 0.143. The van der Waals surface area contributed by atoms with Crippen molar-refractivity contribution >= 4 is 29.6 Å². The second-order valence-corrected chi connectivity index (χ2v) is 7.27. The van der Waals surface area contributed by atoms with Crippen LogP contribution in [0.15, 0.2) is 34.5 Å². The summed E-state index contributed by atoms with van der Waals surface area (Å²) in [6, 6.07) is 6.76. The van der Waals surface area contributed by atoms with Gasteiger partial charge in [0.15, 0.2) is 5.16 Å². The molecule has 28 heavy (non-hydrogen) atoms. The molecule has 0 unspecified atom stereocenters. The average molecular weight is 403 g/mol. The lowest BCUT2D eigenvalue weighted by molar-refractivity contribution is -0.118. The van der Waals surface area contributed by atoms with Gasteiger partial charge >= 0.3 is 0 Å². The van der Waals surface area contributed by atoms with Crippen molar-refractivity contribution in [2.75, 3.05) is 37.0 Å². The largest absolute Gasteiger partial charge is 0.378 e. The number of carbonyl (C=O) groups is 1. The Morgan fingerprint density at radius 2 is 2.00 bits per heavy atom. The number of thioether (sulfide) groups is 1. The summed E-state index contributed by atoms with van der Waals surface area (Å²) in [5, 5.41) is 4.45. The van der Waals surface area contributed by atoms with Crippen LogP contribution < -0.4 is 10.3 Å². The van der Waals surface area contributed by atoms with Gasteiger partial charge in [0, 0.05) is 24.5 Å². The molecule has 2 aromatic rings. The maximum absolute atomic E-state index is 14.3. The van der Waals surface area contributed by atoms with E-state index >= 15 is 0 Å². The summed E-state index contributed by atoms with van der Waals surface area (Å²) in [6.45, 7) is 6.29. The number of ether oxygens (including phenoxy) is 1. The van der Waals surface area contributed by atoms with Crippen molar-refractivity contribution in [1.29, 1.82) is 0 Å². The molecule has 1 aliphatic rings. The number of morpholine rings is 1. The number of hydrogen-bond donors (Lipinski definition) is 1. The van der Waals surface area contributed by atoms with Crippen LogP contribution in [0, 0.1) is 19.7 Å². The third kappa shape index (κ3) is 5.74. The van der Waals surface area contributed by atoms with Gasteiger partial charge in [0.05, 0.1) is 30.9 Å². The predicted octanol–water partition coefficient (Wildman–Crippen LogP) is 2.31. The number of nitrogens with one attached hydrogen (secondary N) is 1. The van der Waals surface area contributed by atoms with E-state index < -0.39 is 0 Å². The Hall–Kier alpha value is -2.52. The Kier molecular flexibility index (Phi) is 6.94. The molecule has 9 heteroatoms. The van der Waals surface area contributed by atoms with Crippen molar-refractivity contribution in [3.8, 4) is 0 Å². The lowest BCUT2D eigenvalue weighted by Crippen LogP contribution is -2.36. The molecule has 1 saturated heterocycles. The van der Waals surface area contributed by atoms with Gasteiger partial charge in [0.1, 0.15) is 5.82 Å². The fourth-order valence-electron chi connectivity index (χ4n) is 2.76. The fourth-order valence-corrected chi connectivity index (χ4v) is 3.51. The van der Waals surface area contributed by atoms with E-state index in [1.165, 1.54) is 24.0 Å². The normalized spacial score (nSPS) is 14.5. The summed E-state index contributed by atoms with van der Waals surface area (Å²) in [6.07, 6.45) is 1.42.